The van der Waals surface area contributed by atoms with Gasteiger partial charge in [0, 0.05) is 11.0 Å². The standard InChI is InChI=1S/C13H14FNO2S/c1-9(5-13(16)17-2)18-8-10-3-4-12(14)6-11(10)7-15/h3-4,6,9H,5,8H2,1-2H3/t9-/m0/s1. The van der Waals surface area contributed by atoms with E-state index in [4.69, 9.17) is 5.26 Å². The monoisotopic (exact) mass is 267 g/mol. The number of benzene rings is 1. The van der Waals surface area contributed by atoms with E-state index >= 15 is 0 Å². The van der Waals surface area contributed by atoms with Crippen molar-refractivity contribution in [3.8, 4) is 6.07 Å². The summed E-state index contributed by atoms with van der Waals surface area (Å²) in [5.41, 5.74) is 1.12. The summed E-state index contributed by atoms with van der Waals surface area (Å²) in [5.74, 6) is -0.0982. The van der Waals surface area contributed by atoms with Gasteiger partial charge in [0.05, 0.1) is 25.2 Å². The van der Waals surface area contributed by atoms with E-state index in [0.29, 0.717) is 17.7 Å². The molecule has 0 spiro atoms. The van der Waals surface area contributed by atoms with Crippen LogP contribution in [0.15, 0.2) is 18.2 Å². The van der Waals surface area contributed by atoms with Crippen molar-refractivity contribution in [2.24, 2.45) is 0 Å². The van der Waals surface area contributed by atoms with Crippen molar-refractivity contribution in [1.29, 1.82) is 5.26 Å². The highest BCUT2D eigenvalue weighted by Gasteiger charge is 2.11. The summed E-state index contributed by atoms with van der Waals surface area (Å²) < 4.78 is 17.5. The van der Waals surface area contributed by atoms with Crippen molar-refractivity contribution in [3.63, 3.8) is 0 Å². The summed E-state index contributed by atoms with van der Waals surface area (Å²) in [5, 5.41) is 8.98. The molecule has 0 N–H and O–H groups in total. The molecule has 1 aromatic rings. The Morgan fingerprint density at radius 3 is 2.94 bits per heavy atom. The average molecular weight is 267 g/mol. The minimum Gasteiger partial charge on any atom is -0.469 e. The maximum absolute atomic E-state index is 12.9. The second-order valence-electron chi connectivity index (χ2n) is 3.82. The van der Waals surface area contributed by atoms with Gasteiger partial charge in [-0.2, -0.15) is 17.0 Å². The molecule has 3 nitrogen and oxygen atoms in total. The first-order valence-corrected chi connectivity index (χ1v) is 6.48. The van der Waals surface area contributed by atoms with E-state index in [-0.39, 0.29) is 11.2 Å². The summed E-state index contributed by atoms with van der Waals surface area (Å²) in [6.07, 6.45) is 0.324. The van der Waals surface area contributed by atoms with Gasteiger partial charge in [0.15, 0.2) is 0 Å². The summed E-state index contributed by atoms with van der Waals surface area (Å²) in [6, 6.07) is 6.13. The number of nitrogens with zero attached hydrogens (tertiary/aromatic N) is 1. The van der Waals surface area contributed by atoms with Crippen LogP contribution in [-0.4, -0.2) is 18.3 Å². The van der Waals surface area contributed by atoms with Gasteiger partial charge in [0.2, 0.25) is 0 Å². The van der Waals surface area contributed by atoms with Gasteiger partial charge < -0.3 is 4.74 Å². The Hall–Kier alpha value is -1.54. The molecule has 5 heteroatoms. The number of hydrogen-bond donors (Lipinski definition) is 0. The molecule has 0 saturated carbocycles. The first kappa shape index (κ1) is 14.5. The molecule has 96 valence electrons. The Bertz CT molecular complexity index is 471. The predicted molar refractivity (Wildman–Crippen MR) is 68.5 cm³/mol. The number of carbonyl (C=O) groups is 1. The van der Waals surface area contributed by atoms with Crippen LogP contribution in [-0.2, 0) is 15.3 Å². The van der Waals surface area contributed by atoms with Crippen LogP contribution in [0.25, 0.3) is 0 Å². The van der Waals surface area contributed by atoms with Gasteiger partial charge in [-0.15, -0.1) is 0 Å². The summed E-state index contributed by atoms with van der Waals surface area (Å²) in [7, 11) is 1.35. The number of thioether (sulfide) groups is 1. The van der Waals surface area contributed by atoms with Gasteiger partial charge >= 0.3 is 5.97 Å². The van der Waals surface area contributed by atoms with Gasteiger partial charge in [0.25, 0.3) is 0 Å². The zero-order chi connectivity index (χ0) is 13.5. The third kappa shape index (κ3) is 4.38. The molecule has 0 fully saturated rings. The minimum atomic E-state index is -0.414. The van der Waals surface area contributed by atoms with Crippen LogP contribution in [0.1, 0.15) is 24.5 Å². The molecule has 0 aromatic heterocycles. The SMILES string of the molecule is COC(=O)C[C@H](C)SCc1ccc(F)cc1C#N. The van der Waals surface area contributed by atoms with Crippen LogP contribution in [0.2, 0.25) is 0 Å². The highest BCUT2D eigenvalue weighted by Crippen LogP contribution is 2.22. The highest BCUT2D eigenvalue weighted by molar-refractivity contribution is 7.99. The Morgan fingerprint density at radius 1 is 1.61 bits per heavy atom. The average Bonchev–Trinajstić information content (AvgIpc) is 2.36. The zero-order valence-corrected chi connectivity index (χ0v) is 11.1. The molecule has 0 unspecified atom stereocenters. The predicted octanol–water partition coefficient (Wildman–Crippen LogP) is 2.88. The number of methoxy groups -OCH3 is 1. The second-order valence-corrected chi connectivity index (χ2v) is 5.24. The first-order valence-electron chi connectivity index (χ1n) is 5.43. The second kappa shape index (κ2) is 7.02. The van der Waals surface area contributed by atoms with Gasteiger partial charge in [-0.1, -0.05) is 13.0 Å². The lowest BCUT2D eigenvalue weighted by molar-refractivity contribution is -0.140. The Kier molecular flexibility index (Phi) is 5.66. The van der Waals surface area contributed by atoms with E-state index in [0.717, 1.165) is 5.56 Å². The van der Waals surface area contributed by atoms with Crippen LogP contribution >= 0.6 is 11.8 Å². The van der Waals surface area contributed by atoms with Crippen LogP contribution in [0.4, 0.5) is 4.39 Å². The molecule has 0 aliphatic carbocycles. The van der Waals surface area contributed by atoms with E-state index in [1.807, 2.05) is 13.0 Å². The van der Waals surface area contributed by atoms with Gasteiger partial charge in [-0.3, -0.25) is 4.79 Å². The number of rotatable bonds is 5. The lowest BCUT2D eigenvalue weighted by Gasteiger charge is -2.10. The molecule has 0 heterocycles. The number of halogens is 1. The fourth-order valence-electron chi connectivity index (χ4n) is 1.39. The number of ether oxygens (including phenoxy) is 1. The molecule has 0 aliphatic heterocycles. The van der Waals surface area contributed by atoms with E-state index in [9.17, 15) is 9.18 Å². The number of hydrogen-bond acceptors (Lipinski definition) is 4. The van der Waals surface area contributed by atoms with Crippen LogP contribution in [0.3, 0.4) is 0 Å². The number of carbonyl (C=O) groups excluding carboxylic acids is 1. The van der Waals surface area contributed by atoms with Crippen molar-refractivity contribution in [3.05, 3.63) is 35.1 Å². The topological polar surface area (TPSA) is 50.1 Å². The molecule has 0 radical (unpaired) electrons. The Morgan fingerprint density at radius 2 is 2.33 bits per heavy atom. The van der Waals surface area contributed by atoms with Crippen molar-refractivity contribution in [2.75, 3.05) is 7.11 Å². The van der Waals surface area contributed by atoms with E-state index in [1.165, 1.54) is 31.0 Å². The zero-order valence-electron chi connectivity index (χ0n) is 10.3. The van der Waals surface area contributed by atoms with Gasteiger partial charge in [-0.25, -0.2) is 4.39 Å². The summed E-state index contributed by atoms with van der Waals surface area (Å²) >= 11 is 1.53. The fraction of sp³-hybridized carbons (Fsp3) is 0.385. The molecule has 0 aliphatic rings. The van der Waals surface area contributed by atoms with Crippen molar-refractivity contribution < 1.29 is 13.9 Å². The third-order valence-electron chi connectivity index (χ3n) is 2.40. The highest BCUT2D eigenvalue weighted by atomic mass is 32.2. The lowest BCUT2D eigenvalue weighted by atomic mass is 10.1. The third-order valence-corrected chi connectivity index (χ3v) is 3.61. The molecule has 0 bridgehead atoms. The maximum atomic E-state index is 12.9. The maximum Gasteiger partial charge on any atom is 0.306 e. The Balaban J connectivity index is 2.58. The first-order chi connectivity index (χ1) is 8.56. The van der Waals surface area contributed by atoms with Crippen molar-refractivity contribution >= 4 is 17.7 Å². The summed E-state index contributed by atoms with van der Waals surface area (Å²) in [4.78, 5) is 11.1. The smallest absolute Gasteiger partial charge is 0.306 e. The van der Waals surface area contributed by atoms with Crippen molar-refractivity contribution in [2.45, 2.75) is 24.3 Å². The van der Waals surface area contributed by atoms with Crippen LogP contribution in [0, 0.1) is 17.1 Å². The van der Waals surface area contributed by atoms with E-state index in [1.54, 1.807) is 6.07 Å². The molecule has 1 atom stereocenters. The quantitative estimate of drug-likeness (QED) is 0.770. The van der Waals surface area contributed by atoms with E-state index in [2.05, 4.69) is 4.74 Å². The fourth-order valence-corrected chi connectivity index (χ4v) is 2.36. The molecule has 0 saturated heterocycles. The Labute approximate surface area is 110 Å². The van der Waals surface area contributed by atoms with Gasteiger partial charge in [-0.05, 0) is 17.7 Å². The lowest BCUT2D eigenvalue weighted by Crippen LogP contribution is -2.08. The molecule has 0 amide bonds. The molecular weight excluding hydrogens is 253 g/mol. The number of nitriles is 1. The minimum absolute atomic E-state index is 0.0917. The molecule has 1 rings (SSSR count). The molecule has 1 aromatic carbocycles. The van der Waals surface area contributed by atoms with Crippen molar-refractivity contribution in [1.82, 2.24) is 0 Å². The summed E-state index contributed by atoms with van der Waals surface area (Å²) in [6.45, 7) is 1.91. The van der Waals surface area contributed by atoms with E-state index < -0.39 is 5.82 Å². The molecule has 18 heavy (non-hydrogen) atoms. The van der Waals surface area contributed by atoms with Crippen LogP contribution < -0.4 is 0 Å². The molecular formula is C13H14FNO2S. The normalized spacial score (nSPS) is 11.7. The van der Waals surface area contributed by atoms with Crippen LogP contribution in [0.5, 0.6) is 0 Å². The largest absolute Gasteiger partial charge is 0.469 e. The number of esters is 1. The van der Waals surface area contributed by atoms with Gasteiger partial charge in [0.1, 0.15) is 5.82 Å².